The van der Waals surface area contributed by atoms with Crippen LogP contribution in [-0.4, -0.2) is 41.9 Å². The molecule has 1 heterocycles. The summed E-state index contributed by atoms with van der Waals surface area (Å²) in [6.07, 6.45) is -5.30. The maximum absolute atomic E-state index is 12.4. The number of ether oxygens (including phenoxy) is 1. The Morgan fingerprint density at radius 2 is 2.27 bits per heavy atom. The second-order valence-electron chi connectivity index (χ2n) is 3.06. The van der Waals surface area contributed by atoms with Gasteiger partial charge in [-0.3, -0.25) is 0 Å². The maximum Gasteiger partial charge on any atom is 0.409 e. The highest BCUT2D eigenvalue weighted by molar-refractivity contribution is 7.80. The number of rotatable bonds is 3. The molecule has 1 saturated heterocycles. The fraction of sp³-hybridized carbons (Fsp3) is 0.714. The number of hydrogen-bond acceptors (Lipinski definition) is 3. The van der Waals surface area contributed by atoms with Crippen molar-refractivity contribution in [3.05, 3.63) is 0 Å². The van der Waals surface area contributed by atoms with Gasteiger partial charge in [0, 0.05) is 6.54 Å². The topological polar surface area (TPSA) is 55.6 Å². The summed E-state index contributed by atoms with van der Waals surface area (Å²) in [4.78, 5) is 11.2. The van der Waals surface area contributed by atoms with Gasteiger partial charge in [-0.05, 0) is 0 Å². The molecule has 0 aromatic carbocycles. The number of amides is 1. The Labute approximate surface area is 89.2 Å². The molecule has 0 aromatic heterocycles. The minimum absolute atomic E-state index is 0.0980. The molecular formula is C7H9F3N2O2S. The molecule has 0 saturated carbocycles. The molecule has 2 N–H and O–H groups in total. The number of hydrogen-bond donors (Lipinski definition) is 1. The van der Waals surface area contributed by atoms with E-state index in [9.17, 15) is 18.0 Å². The van der Waals surface area contributed by atoms with Crippen LogP contribution in [0.2, 0.25) is 0 Å². The molecule has 15 heavy (non-hydrogen) atoms. The van der Waals surface area contributed by atoms with Crippen LogP contribution in [-0.2, 0) is 4.74 Å². The molecule has 8 heteroatoms. The van der Waals surface area contributed by atoms with E-state index in [2.05, 4.69) is 17.0 Å². The molecule has 0 bridgehead atoms. The Balaban J connectivity index is 2.67. The zero-order valence-electron chi connectivity index (χ0n) is 7.58. The fourth-order valence-electron chi connectivity index (χ4n) is 1.17. The van der Waals surface area contributed by atoms with Gasteiger partial charge in [0.25, 0.3) is 0 Å². The summed E-state index contributed by atoms with van der Waals surface area (Å²) in [7, 11) is 0. The molecule has 0 aliphatic carbocycles. The third-order valence-corrected chi connectivity index (χ3v) is 2.27. The lowest BCUT2D eigenvalue weighted by molar-refractivity contribution is -0.157. The number of cyclic esters (lactones) is 1. The molecule has 4 nitrogen and oxygen atoms in total. The predicted molar refractivity (Wildman–Crippen MR) is 49.3 cm³/mol. The molecule has 86 valence electrons. The zero-order chi connectivity index (χ0) is 11.6. The fourth-order valence-corrected chi connectivity index (χ4v) is 1.37. The van der Waals surface area contributed by atoms with Gasteiger partial charge in [0.1, 0.15) is 12.5 Å². The Bertz CT molecular complexity index is 282. The van der Waals surface area contributed by atoms with E-state index in [4.69, 9.17) is 5.73 Å². The van der Waals surface area contributed by atoms with Crippen molar-refractivity contribution in [2.24, 2.45) is 11.7 Å². The molecule has 1 aliphatic heterocycles. The normalized spacial score (nSPS) is 18.9. The Morgan fingerprint density at radius 1 is 1.67 bits per heavy atom. The van der Waals surface area contributed by atoms with Gasteiger partial charge >= 0.3 is 12.3 Å². The molecular weight excluding hydrogens is 233 g/mol. The van der Waals surface area contributed by atoms with Crippen LogP contribution in [0.25, 0.3) is 0 Å². The number of thiocarbonyl (C=S) groups is 1. The first-order chi connectivity index (χ1) is 6.82. The van der Waals surface area contributed by atoms with Crippen LogP contribution >= 0.6 is 12.2 Å². The predicted octanol–water partition coefficient (Wildman–Crippen LogP) is 0.903. The van der Waals surface area contributed by atoms with Crippen molar-refractivity contribution >= 4 is 23.3 Å². The molecule has 1 aliphatic rings. The molecule has 0 spiro atoms. The van der Waals surface area contributed by atoms with E-state index in [0.29, 0.717) is 0 Å². The Hall–Kier alpha value is -1.05. The van der Waals surface area contributed by atoms with Gasteiger partial charge in [0.05, 0.1) is 11.5 Å². The monoisotopic (exact) mass is 242 g/mol. The quantitative estimate of drug-likeness (QED) is 0.747. The van der Waals surface area contributed by atoms with Gasteiger partial charge in [-0.1, -0.05) is 12.2 Å². The first kappa shape index (κ1) is 12.0. The molecule has 1 amide bonds. The summed E-state index contributed by atoms with van der Waals surface area (Å²) < 4.78 is 41.7. The number of nitrogens with two attached hydrogens (primary N) is 1. The summed E-state index contributed by atoms with van der Waals surface area (Å²) >= 11 is 4.32. The SMILES string of the molecule is NC(=S)C(CN1CCOC1=O)C(F)(F)F. The molecule has 1 fully saturated rings. The summed E-state index contributed by atoms with van der Waals surface area (Å²) in [5, 5.41) is 0. The van der Waals surface area contributed by atoms with Crippen LogP contribution < -0.4 is 5.73 Å². The van der Waals surface area contributed by atoms with Gasteiger partial charge in [0.2, 0.25) is 0 Å². The number of alkyl halides is 3. The smallest absolute Gasteiger partial charge is 0.409 e. The molecule has 1 unspecified atom stereocenters. The Morgan fingerprint density at radius 3 is 2.60 bits per heavy atom. The average molecular weight is 242 g/mol. The van der Waals surface area contributed by atoms with E-state index in [1.165, 1.54) is 0 Å². The standard InChI is InChI=1S/C7H9F3N2O2S/c8-7(9,10)4(5(11)15)3-12-1-2-14-6(12)13/h4H,1-3H2,(H2,11,15). The summed E-state index contributed by atoms with van der Waals surface area (Å²) in [5.41, 5.74) is 4.98. The third kappa shape index (κ3) is 2.95. The highest BCUT2D eigenvalue weighted by atomic mass is 32.1. The minimum Gasteiger partial charge on any atom is -0.448 e. The highest BCUT2D eigenvalue weighted by Crippen LogP contribution is 2.28. The van der Waals surface area contributed by atoms with E-state index in [1.54, 1.807) is 0 Å². The van der Waals surface area contributed by atoms with Gasteiger partial charge < -0.3 is 15.4 Å². The van der Waals surface area contributed by atoms with Crippen molar-refractivity contribution < 1.29 is 22.7 Å². The Kier molecular flexibility index (Phi) is 3.38. The van der Waals surface area contributed by atoms with E-state index in [1.807, 2.05) is 0 Å². The van der Waals surface area contributed by atoms with Gasteiger partial charge in [0.15, 0.2) is 0 Å². The molecule has 1 rings (SSSR count). The van der Waals surface area contributed by atoms with Crippen molar-refractivity contribution in [1.29, 1.82) is 0 Å². The first-order valence-electron chi connectivity index (χ1n) is 4.10. The van der Waals surface area contributed by atoms with Crippen molar-refractivity contribution in [2.75, 3.05) is 19.7 Å². The van der Waals surface area contributed by atoms with Gasteiger partial charge in [-0.2, -0.15) is 13.2 Å². The second kappa shape index (κ2) is 4.21. The minimum atomic E-state index is -4.53. The molecule has 0 radical (unpaired) electrons. The van der Waals surface area contributed by atoms with Crippen LogP contribution in [0.1, 0.15) is 0 Å². The zero-order valence-corrected chi connectivity index (χ0v) is 8.40. The maximum atomic E-state index is 12.4. The summed E-state index contributed by atoms with van der Waals surface area (Å²) in [6.45, 7) is -0.341. The van der Waals surface area contributed by atoms with Crippen LogP contribution in [0.4, 0.5) is 18.0 Å². The lowest BCUT2D eigenvalue weighted by Crippen LogP contribution is -2.43. The highest BCUT2D eigenvalue weighted by Gasteiger charge is 2.44. The average Bonchev–Trinajstić information content (AvgIpc) is 2.44. The van der Waals surface area contributed by atoms with Crippen LogP contribution in [0, 0.1) is 5.92 Å². The lowest BCUT2D eigenvalue weighted by Gasteiger charge is -2.23. The largest absolute Gasteiger partial charge is 0.448 e. The number of carbonyl (C=O) groups excluding carboxylic acids is 1. The molecule has 0 aromatic rings. The van der Waals surface area contributed by atoms with E-state index >= 15 is 0 Å². The van der Waals surface area contributed by atoms with Crippen molar-refractivity contribution in [3.63, 3.8) is 0 Å². The van der Waals surface area contributed by atoms with E-state index in [0.717, 1.165) is 4.90 Å². The van der Waals surface area contributed by atoms with E-state index in [-0.39, 0.29) is 13.2 Å². The summed E-state index contributed by atoms with van der Waals surface area (Å²) in [6, 6.07) is 0. The van der Waals surface area contributed by atoms with Crippen LogP contribution in [0.3, 0.4) is 0 Å². The van der Waals surface area contributed by atoms with E-state index < -0.39 is 29.7 Å². The third-order valence-electron chi connectivity index (χ3n) is 1.99. The van der Waals surface area contributed by atoms with Crippen molar-refractivity contribution in [3.8, 4) is 0 Å². The number of nitrogens with zero attached hydrogens (tertiary/aromatic N) is 1. The molecule has 1 atom stereocenters. The van der Waals surface area contributed by atoms with Gasteiger partial charge in [-0.15, -0.1) is 0 Å². The van der Waals surface area contributed by atoms with Crippen molar-refractivity contribution in [1.82, 2.24) is 4.90 Å². The van der Waals surface area contributed by atoms with Crippen LogP contribution in [0.5, 0.6) is 0 Å². The van der Waals surface area contributed by atoms with Crippen LogP contribution in [0.15, 0.2) is 0 Å². The summed E-state index contributed by atoms with van der Waals surface area (Å²) in [5.74, 6) is -1.97. The second-order valence-corrected chi connectivity index (χ2v) is 3.53. The number of halogens is 3. The van der Waals surface area contributed by atoms with Gasteiger partial charge in [-0.25, -0.2) is 4.79 Å². The van der Waals surface area contributed by atoms with Crippen molar-refractivity contribution in [2.45, 2.75) is 6.18 Å². The number of carbonyl (C=O) groups is 1. The first-order valence-corrected chi connectivity index (χ1v) is 4.51. The lowest BCUT2D eigenvalue weighted by atomic mass is 10.1.